The van der Waals surface area contributed by atoms with Crippen molar-refractivity contribution in [3.8, 4) is 0 Å². The lowest BCUT2D eigenvalue weighted by atomic mass is 9.99. The van der Waals surface area contributed by atoms with Crippen LogP contribution in [0.1, 0.15) is 155 Å². The molecule has 9 N–H and O–H groups in total. The van der Waals surface area contributed by atoms with E-state index in [0.717, 1.165) is 38.5 Å². The van der Waals surface area contributed by atoms with Crippen LogP contribution in [-0.2, 0) is 28.9 Å². The Morgan fingerprint density at radius 2 is 1.30 bits per heavy atom. The molecule has 0 bridgehead atoms. The molecular weight excluding hydrogens is 668 g/mol. The van der Waals surface area contributed by atoms with Crippen LogP contribution in [0.5, 0.6) is 0 Å². The van der Waals surface area contributed by atoms with Crippen LogP contribution in [0.25, 0.3) is 0 Å². The smallest absolute Gasteiger partial charge is 0.220 e. The highest BCUT2D eigenvalue weighted by atomic mass is 32.3. The number of allylic oxidation sites excluding steroid dienone is 1. The minimum atomic E-state index is -5.32. The van der Waals surface area contributed by atoms with Crippen molar-refractivity contribution < 1.29 is 51.8 Å². The number of rotatable bonds is 31. The van der Waals surface area contributed by atoms with Gasteiger partial charge in [0.1, 0.15) is 24.4 Å². The van der Waals surface area contributed by atoms with E-state index in [0.29, 0.717) is 6.42 Å². The van der Waals surface area contributed by atoms with Gasteiger partial charge in [-0.3, -0.25) is 8.98 Å². The van der Waals surface area contributed by atoms with Gasteiger partial charge in [0.15, 0.2) is 6.29 Å². The number of quaternary nitrogens is 1. The minimum absolute atomic E-state index is 0. The molecule has 7 atom stereocenters. The van der Waals surface area contributed by atoms with Crippen molar-refractivity contribution in [3.63, 3.8) is 0 Å². The van der Waals surface area contributed by atoms with Gasteiger partial charge in [0.25, 0.3) is 0 Å². The van der Waals surface area contributed by atoms with Crippen molar-refractivity contribution in [1.29, 1.82) is 0 Å². The van der Waals surface area contributed by atoms with Crippen molar-refractivity contribution in [3.05, 3.63) is 12.2 Å². The van der Waals surface area contributed by atoms with Crippen LogP contribution >= 0.6 is 0 Å². The Morgan fingerprint density at radius 1 is 0.820 bits per heavy atom. The molecule has 0 aromatic heterocycles. The van der Waals surface area contributed by atoms with Crippen molar-refractivity contribution in [1.82, 2.24) is 11.5 Å². The number of ether oxygens (including phenoxy) is 2. The molecule has 298 valence electrons. The van der Waals surface area contributed by atoms with Gasteiger partial charge in [-0.15, -0.1) is 0 Å². The van der Waals surface area contributed by atoms with E-state index in [9.17, 15) is 38.2 Å². The topological polar surface area (TPSA) is 231 Å². The lowest BCUT2D eigenvalue weighted by Gasteiger charge is -2.42. The molecule has 1 rings (SSSR count). The van der Waals surface area contributed by atoms with Gasteiger partial charge in [0, 0.05) is 6.42 Å². The number of nitrogens with one attached hydrogen (secondary N) is 1. The Labute approximate surface area is 302 Å². The molecule has 0 spiro atoms. The van der Waals surface area contributed by atoms with Crippen LogP contribution in [0.4, 0.5) is 0 Å². The van der Waals surface area contributed by atoms with Gasteiger partial charge in [-0.25, -0.2) is 8.42 Å². The largest absolute Gasteiger partial charge is 0.726 e. The summed E-state index contributed by atoms with van der Waals surface area (Å²) in [5, 5.41) is 44.3. The second-order valence-corrected chi connectivity index (χ2v) is 14.5. The molecule has 0 aromatic carbocycles. The third kappa shape index (κ3) is 23.4. The molecule has 1 heterocycles. The van der Waals surface area contributed by atoms with Crippen LogP contribution in [0.15, 0.2) is 12.2 Å². The van der Waals surface area contributed by atoms with Crippen molar-refractivity contribution >= 4 is 16.3 Å². The highest BCUT2D eigenvalue weighted by Crippen LogP contribution is 2.26. The van der Waals surface area contributed by atoms with Crippen LogP contribution < -0.4 is 11.5 Å². The molecular formula is C36H72N2O11S. The Bertz CT molecular complexity index is 956. The fraction of sp³-hybridized carbons (Fsp3) is 0.917. The third-order valence-electron chi connectivity index (χ3n) is 9.06. The van der Waals surface area contributed by atoms with E-state index in [1.54, 1.807) is 6.08 Å². The summed E-state index contributed by atoms with van der Waals surface area (Å²) in [6.07, 6.45) is 18.1. The predicted molar refractivity (Wildman–Crippen MR) is 194 cm³/mol. The molecule has 0 radical (unpaired) electrons. The molecule has 14 heteroatoms. The number of hydrogen-bond donors (Lipinski definition) is 6. The van der Waals surface area contributed by atoms with E-state index >= 15 is 0 Å². The Morgan fingerprint density at radius 3 is 1.78 bits per heavy atom. The Hall–Kier alpha value is -1.20. The van der Waals surface area contributed by atoms with Gasteiger partial charge < -0.3 is 45.9 Å². The number of aliphatic hydroxyl groups excluding tert-OH is 4. The summed E-state index contributed by atoms with van der Waals surface area (Å²) in [5.41, 5.74) is 0. The number of hydrogen-bond acceptors (Lipinski definition) is 11. The molecule has 0 aromatic rings. The third-order valence-corrected chi connectivity index (χ3v) is 9.52. The van der Waals surface area contributed by atoms with E-state index in [4.69, 9.17) is 9.47 Å². The summed E-state index contributed by atoms with van der Waals surface area (Å²) in [6, 6.07) is -0.947. The maximum Gasteiger partial charge on any atom is 0.220 e. The van der Waals surface area contributed by atoms with E-state index in [2.05, 4.69) is 23.3 Å². The Kier molecular flexibility index (Phi) is 29.6. The lowest BCUT2D eigenvalue weighted by molar-refractivity contribution is -0.298. The lowest BCUT2D eigenvalue weighted by Crippen LogP contribution is -2.61. The molecule has 1 aliphatic rings. The van der Waals surface area contributed by atoms with Gasteiger partial charge in [0.2, 0.25) is 16.3 Å². The zero-order valence-corrected chi connectivity index (χ0v) is 32.0. The minimum Gasteiger partial charge on any atom is -0.726 e. The van der Waals surface area contributed by atoms with E-state index in [-0.39, 0.29) is 25.1 Å². The average Bonchev–Trinajstić information content (AvgIpc) is 3.06. The molecule has 13 nitrogen and oxygen atoms in total. The van der Waals surface area contributed by atoms with Gasteiger partial charge in [-0.2, -0.15) is 0 Å². The molecule has 1 amide bonds. The second kappa shape index (κ2) is 30.3. The molecule has 0 aliphatic carbocycles. The normalized spacial score (nSPS) is 22.3. The van der Waals surface area contributed by atoms with Gasteiger partial charge in [-0.05, 0) is 19.3 Å². The van der Waals surface area contributed by atoms with Crippen LogP contribution in [0.2, 0.25) is 0 Å². The van der Waals surface area contributed by atoms with Crippen LogP contribution in [-0.4, -0.2) is 95.4 Å². The first-order valence-electron chi connectivity index (χ1n) is 19.1. The standard InChI is InChI=1S/C36H69NO11S.H3N/c1-3-5-7-9-11-13-14-15-16-18-19-21-23-25-30(39)29(37-32(40)26-24-22-20-17-12-10-8-6-4-2)28-46-36-34(42)35(48-49(43,44)45)33(41)31(27-38)47-36;/h23,25,29-31,33-36,38-39,41-42H,3-22,24,26-28H2,1-2H3,(H,37,40)(H,43,44,45);1H3. The first kappa shape index (κ1) is 48.8. The molecule has 1 fully saturated rings. The quantitative estimate of drug-likeness (QED) is 0.0219. The van der Waals surface area contributed by atoms with Crippen LogP contribution in [0, 0.1) is 0 Å². The fourth-order valence-corrected chi connectivity index (χ4v) is 6.54. The Balaban J connectivity index is 0.0000240. The average molecular weight is 741 g/mol. The summed E-state index contributed by atoms with van der Waals surface area (Å²) in [4.78, 5) is 12.8. The summed E-state index contributed by atoms with van der Waals surface area (Å²) >= 11 is 0. The zero-order valence-electron chi connectivity index (χ0n) is 31.2. The number of unbranched alkanes of at least 4 members (excludes halogenated alkanes) is 19. The first-order valence-corrected chi connectivity index (χ1v) is 20.4. The molecule has 1 saturated heterocycles. The zero-order chi connectivity index (χ0) is 36.3. The monoisotopic (exact) mass is 740 g/mol. The summed E-state index contributed by atoms with van der Waals surface area (Å²) in [5.74, 6) is -0.276. The van der Waals surface area contributed by atoms with E-state index in [1.165, 1.54) is 89.9 Å². The number of carbonyl (C=O) groups excluding carboxylic acids is 1. The summed E-state index contributed by atoms with van der Waals surface area (Å²) < 4.78 is 49.0. The predicted octanol–water partition coefficient (Wildman–Crippen LogP) is 5.69. The molecule has 0 saturated carbocycles. The van der Waals surface area contributed by atoms with Crippen molar-refractivity contribution in [2.75, 3.05) is 13.2 Å². The van der Waals surface area contributed by atoms with Gasteiger partial charge in [-0.1, -0.05) is 142 Å². The number of carbonyl (C=O) groups is 1. The van der Waals surface area contributed by atoms with Crippen molar-refractivity contribution in [2.45, 2.75) is 198 Å². The van der Waals surface area contributed by atoms with Crippen molar-refractivity contribution in [2.24, 2.45) is 0 Å². The fourth-order valence-electron chi connectivity index (χ4n) is 6.04. The summed E-state index contributed by atoms with van der Waals surface area (Å²) in [6.45, 7) is 3.28. The summed E-state index contributed by atoms with van der Waals surface area (Å²) in [7, 11) is -5.32. The maximum atomic E-state index is 12.8. The highest BCUT2D eigenvalue weighted by Gasteiger charge is 2.47. The molecule has 7 unspecified atom stereocenters. The SMILES string of the molecule is CCCCCCCCCCCCCC=CC(O)C(COC1OC(CO)C(O)C(OS(=O)(=O)[O-])C1O)NC(=O)CCCCCCCCCCC.[NH4+]. The van der Waals surface area contributed by atoms with Gasteiger partial charge in [0.05, 0.1) is 25.4 Å². The molecule has 1 aliphatic heterocycles. The van der Waals surface area contributed by atoms with Crippen LogP contribution in [0.3, 0.4) is 0 Å². The maximum absolute atomic E-state index is 12.8. The van der Waals surface area contributed by atoms with E-state index in [1.807, 2.05) is 6.08 Å². The highest BCUT2D eigenvalue weighted by molar-refractivity contribution is 7.80. The van der Waals surface area contributed by atoms with Gasteiger partial charge >= 0.3 is 0 Å². The second-order valence-electron chi connectivity index (χ2n) is 13.5. The van der Waals surface area contributed by atoms with E-state index < -0.39 is 59.9 Å². The number of amides is 1. The number of aliphatic hydroxyl groups is 4. The first-order chi connectivity index (χ1) is 23.5. The molecule has 50 heavy (non-hydrogen) atoms.